The van der Waals surface area contributed by atoms with Gasteiger partial charge < -0.3 is 10.7 Å². The average molecular weight is 352 g/mol. The monoisotopic (exact) mass is 352 g/mol. The molecule has 130 valence electrons. The smallest absolute Gasteiger partial charge is 0.356 e. The third-order valence-electron chi connectivity index (χ3n) is 3.81. The molecule has 2 aromatic carbocycles. The highest BCUT2D eigenvalue weighted by Crippen LogP contribution is 2.37. The van der Waals surface area contributed by atoms with E-state index in [9.17, 15) is 22.0 Å². The SMILES string of the molecule is NC(c1cc(-c2ccc(F)cc2)c(-c2ccc(F)cc2)[nH]1)C(F)(F)F. The van der Waals surface area contributed by atoms with Crippen molar-refractivity contribution in [3.8, 4) is 22.4 Å². The van der Waals surface area contributed by atoms with Gasteiger partial charge in [-0.05, 0) is 53.6 Å². The van der Waals surface area contributed by atoms with Crippen LogP contribution >= 0.6 is 0 Å². The number of nitrogens with one attached hydrogen (secondary N) is 1. The third-order valence-corrected chi connectivity index (χ3v) is 3.81. The van der Waals surface area contributed by atoms with E-state index in [4.69, 9.17) is 5.73 Å². The molecule has 0 fully saturated rings. The Bertz CT molecular complexity index is 801. The van der Waals surface area contributed by atoms with Crippen LogP contribution in [-0.2, 0) is 0 Å². The van der Waals surface area contributed by atoms with E-state index in [0.717, 1.165) is 0 Å². The molecule has 2 nitrogen and oxygen atoms in total. The van der Waals surface area contributed by atoms with Gasteiger partial charge in [-0.1, -0.05) is 12.1 Å². The molecule has 3 N–H and O–H groups in total. The van der Waals surface area contributed by atoms with E-state index in [2.05, 4.69) is 4.98 Å². The van der Waals surface area contributed by atoms with Crippen LogP contribution in [0.4, 0.5) is 22.0 Å². The van der Waals surface area contributed by atoms with Crippen LogP contribution in [0.3, 0.4) is 0 Å². The van der Waals surface area contributed by atoms with Gasteiger partial charge in [-0.15, -0.1) is 0 Å². The van der Waals surface area contributed by atoms with Crippen molar-refractivity contribution in [3.63, 3.8) is 0 Å². The van der Waals surface area contributed by atoms with Crippen molar-refractivity contribution in [2.45, 2.75) is 12.2 Å². The van der Waals surface area contributed by atoms with Crippen molar-refractivity contribution in [1.29, 1.82) is 0 Å². The Balaban J connectivity index is 2.15. The van der Waals surface area contributed by atoms with Gasteiger partial charge in [0.05, 0.1) is 5.69 Å². The molecule has 0 saturated heterocycles. The zero-order chi connectivity index (χ0) is 18.2. The maximum absolute atomic E-state index is 13.1. The number of hydrogen-bond donors (Lipinski definition) is 2. The Morgan fingerprint density at radius 1 is 0.800 bits per heavy atom. The lowest BCUT2D eigenvalue weighted by molar-refractivity contribution is -0.149. The molecule has 1 aromatic heterocycles. The maximum atomic E-state index is 13.1. The van der Waals surface area contributed by atoms with Crippen molar-refractivity contribution in [3.05, 3.63) is 71.9 Å². The summed E-state index contributed by atoms with van der Waals surface area (Å²) in [6.45, 7) is 0. The normalized spacial score (nSPS) is 13.0. The highest BCUT2D eigenvalue weighted by Gasteiger charge is 2.39. The molecular formula is C18H13F5N2. The number of aromatic amines is 1. The van der Waals surface area contributed by atoms with Crippen molar-refractivity contribution in [2.75, 3.05) is 0 Å². The van der Waals surface area contributed by atoms with Crippen LogP contribution in [-0.4, -0.2) is 11.2 Å². The number of rotatable bonds is 3. The van der Waals surface area contributed by atoms with Gasteiger partial charge in [-0.2, -0.15) is 13.2 Å². The second kappa shape index (κ2) is 6.33. The topological polar surface area (TPSA) is 41.8 Å². The Labute approximate surface area is 140 Å². The van der Waals surface area contributed by atoms with E-state index >= 15 is 0 Å². The molecule has 1 unspecified atom stereocenters. The Morgan fingerprint density at radius 2 is 1.28 bits per heavy atom. The van der Waals surface area contributed by atoms with Crippen molar-refractivity contribution < 1.29 is 22.0 Å². The highest BCUT2D eigenvalue weighted by molar-refractivity contribution is 5.82. The van der Waals surface area contributed by atoms with Crippen molar-refractivity contribution in [2.24, 2.45) is 5.73 Å². The Hall–Kier alpha value is -2.67. The van der Waals surface area contributed by atoms with E-state index in [-0.39, 0.29) is 5.69 Å². The van der Waals surface area contributed by atoms with Gasteiger partial charge in [0.25, 0.3) is 0 Å². The van der Waals surface area contributed by atoms with Crippen LogP contribution < -0.4 is 5.73 Å². The lowest BCUT2D eigenvalue weighted by Crippen LogP contribution is -2.28. The van der Waals surface area contributed by atoms with E-state index in [1.54, 1.807) is 0 Å². The van der Waals surface area contributed by atoms with Gasteiger partial charge in [-0.25, -0.2) is 8.78 Å². The standard InChI is InChI=1S/C18H13F5N2/c19-12-5-1-10(2-6-12)14-9-15(17(24)18(21,22)23)25-16(14)11-3-7-13(20)8-4-11/h1-9,17,25H,24H2. The molecule has 0 radical (unpaired) electrons. The molecular weight excluding hydrogens is 339 g/mol. The summed E-state index contributed by atoms with van der Waals surface area (Å²) in [4.78, 5) is 2.68. The Morgan fingerprint density at radius 3 is 1.76 bits per heavy atom. The van der Waals surface area contributed by atoms with Gasteiger partial charge in [0.1, 0.15) is 17.7 Å². The van der Waals surface area contributed by atoms with Crippen LogP contribution in [0.15, 0.2) is 54.6 Å². The van der Waals surface area contributed by atoms with Crippen LogP contribution in [0.2, 0.25) is 0 Å². The first kappa shape index (κ1) is 17.2. The minimum atomic E-state index is -4.62. The minimum absolute atomic E-state index is 0.230. The van der Waals surface area contributed by atoms with E-state index < -0.39 is 23.9 Å². The second-order valence-corrected chi connectivity index (χ2v) is 5.55. The molecule has 3 aromatic rings. The molecule has 0 spiro atoms. The summed E-state index contributed by atoms with van der Waals surface area (Å²) >= 11 is 0. The largest absolute Gasteiger partial charge is 0.409 e. The fourth-order valence-corrected chi connectivity index (χ4v) is 2.52. The molecule has 3 rings (SSSR count). The molecule has 0 aliphatic heterocycles. The zero-order valence-corrected chi connectivity index (χ0v) is 12.7. The summed E-state index contributed by atoms with van der Waals surface area (Å²) in [5.41, 5.74) is 6.82. The van der Waals surface area contributed by atoms with Gasteiger partial charge in [-0.3, -0.25) is 0 Å². The molecule has 0 amide bonds. The molecule has 0 saturated carbocycles. The summed E-state index contributed by atoms with van der Waals surface area (Å²) in [5.74, 6) is -0.930. The number of hydrogen-bond acceptors (Lipinski definition) is 1. The summed E-state index contributed by atoms with van der Waals surface area (Å²) in [5, 5.41) is 0. The summed E-state index contributed by atoms with van der Waals surface area (Å²) in [6.07, 6.45) is -4.62. The van der Waals surface area contributed by atoms with Crippen molar-refractivity contribution in [1.82, 2.24) is 4.98 Å². The van der Waals surface area contributed by atoms with E-state index in [1.165, 1.54) is 54.6 Å². The number of benzene rings is 2. The predicted octanol–water partition coefficient (Wildman–Crippen LogP) is 5.19. The van der Waals surface area contributed by atoms with E-state index in [0.29, 0.717) is 22.4 Å². The summed E-state index contributed by atoms with van der Waals surface area (Å²) in [6, 6.07) is 9.70. The average Bonchev–Trinajstić information content (AvgIpc) is 2.99. The fraction of sp³-hybridized carbons (Fsp3) is 0.111. The molecule has 25 heavy (non-hydrogen) atoms. The first-order chi connectivity index (χ1) is 11.8. The lowest BCUT2D eigenvalue weighted by atomic mass is 10.0. The molecule has 7 heteroatoms. The first-order valence-corrected chi connectivity index (χ1v) is 7.33. The molecule has 0 aliphatic carbocycles. The van der Waals surface area contributed by atoms with Crippen LogP contribution in [0.25, 0.3) is 22.4 Å². The second-order valence-electron chi connectivity index (χ2n) is 5.55. The fourth-order valence-electron chi connectivity index (χ4n) is 2.52. The number of alkyl halides is 3. The molecule has 1 atom stereocenters. The lowest BCUT2D eigenvalue weighted by Gasteiger charge is -2.13. The molecule has 0 bridgehead atoms. The van der Waals surface area contributed by atoms with E-state index in [1.807, 2.05) is 0 Å². The van der Waals surface area contributed by atoms with Crippen LogP contribution in [0, 0.1) is 11.6 Å². The maximum Gasteiger partial charge on any atom is 0.409 e. The molecule has 0 aliphatic rings. The number of nitrogens with two attached hydrogens (primary N) is 1. The van der Waals surface area contributed by atoms with Crippen LogP contribution in [0.1, 0.15) is 11.7 Å². The number of H-pyrrole nitrogens is 1. The predicted molar refractivity (Wildman–Crippen MR) is 84.6 cm³/mol. The Kier molecular flexibility index (Phi) is 4.34. The number of aromatic nitrogens is 1. The van der Waals surface area contributed by atoms with Gasteiger partial charge >= 0.3 is 6.18 Å². The zero-order valence-electron chi connectivity index (χ0n) is 12.7. The van der Waals surface area contributed by atoms with Gasteiger partial charge in [0.15, 0.2) is 0 Å². The minimum Gasteiger partial charge on any atom is -0.356 e. The summed E-state index contributed by atoms with van der Waals surface area (Å²) in [7, 11) is 0. The van der Waals surface area contributed by atoms with Crippen LogP contribution in [0.5, 0.6) is 0 Å². The quantitative estimate of drug-likeness (QED) is 0.626. The molecule has 1 heterocycles. The first-order valence-electron chi connectivity index (χ1n) is 7.33. The summed E-state index contributed by atoms with van der Waals surface area (Å²) < 4.78 is 65.1. The van der Waals surface area contributed by atoms with Gasteiger partial charge in [0, 0.05) is 11.3 Å². The van der Waals surface area contributed by atoms with Crippen molar-refractivity contribution >= 4 is 0 Å². The third kappa shape index (κ3) is 3.56. The van der Waals surface area contributed by atoms with Gasteiger partial charge in [0.2, 0.25) is 0 Å². The number of halogens is 5. The highest BCUT2D eigenvalue weighted by atomic mass is 19.4.